The molecule has 3 heterocycles. The van der Waals surface area contributed by atoms with Gasteiger partial charge in [-0.2, -0.15) is 0 Å². The van der Waals surface area contributed by atoms with Gasteiger partial charge in [0.05, 0.1) is 26.4 Å². The Morgan fingerprint density at radius 3 is 2.96 bits per heavy atom. The molecule has 3 atom stereocenters. The van der Waals surface area contributed by atoms with Crippen LogP contribution in [0.1, 0.15) is 31.2 Å². The van der Waals surface area contributed by atoms with Gasteiger partial charge in [0.15, 0.2) is 0 Å². The van der Waals surface area contributed by atoms with E-state index in [2.05, 4.69) is 15.6 Å². The molecule has 3 rings (SSSR count). The summed E-state index contributed by atoms with van der Waals surface area (Å²) in [5, 5.41) is 6.64. The lowest BCUT2D eigenvalue weighted by atomic mass is 9.92. The van der Waals surface area contributed by atoms with E-state index in [0.29, 0.717) is 18.8 Å². The number of nitrogens with zero attached hydrogens (tertiary/aromatic N) is 1. The minimum atomic E-state index is 0.0194. The van der Waals surface area contributed by atoms with Gasteiger partial charge >= 0.3 is 0 Å². The number of piperidine rings is 1. The number of nitrogens with one attached hydrogen (secondary N) is 2. The smallest absolute Gasteiger partial charge is 0.220 e. The van der Waals surface area contributed by atoms with Crippen molar-refractivity contribution in [2.45, 2.75) is 50.4 Å². The Morgan fingerprint density at radius 1 is 1.38 bits per heavy atom. The van der Waals surface area contributed by atoms with Crippen LogP contribution in [0.2, 0.25) is 0 Å². The third kappa shape index (κ3) is 3.79. The SMILES string of the molecule is COc1cc(OC)c(CNC2CCC(=O)NC2C2CCCO2)cn1. The highest BCUT2D eigenvalue weighted by molar-refractivity contribution is 5.77. The van der Waals surface area contributed by atoms with Crippen LogP contribution in [-0.2, 0) is 16.1 Å². The monoisotopic (exact) mass is 335 g/mol. The Morgan fingerprint density at radius 2 is 2.25 bits per heavy atom. The van der Waals surface area contributed by atoms with E-state index in [1.165, 1.54) is 0 Å². The van der Waals surface area contributed by atoms with E-state index in [-0.39, 0.29) is 24.1 Å². The molecule has 0 saturated carbocycles. The van der Waals surface area contributed by atoms with E-state index in [1.54, 1.807) is 26.5 Å². The van der Waals surface area contributed by atoms with Gasteiger partial charge in [0.25, 0.3) is 0 Å². The molecule has 0 aromatic carbocycles. The summed E-state index contributed by atoms with van der Waals surface area (Å²) in [5.74, 6) is 1.37. The minimum Gasteiger partial charge on any atom is -0.496 e. The summed E-state index contributed by atoms with van der Waals surface area (Å²) in [6, 6.07) is 1.97. The van der Waals surface area contributed by atoms with Gasteiger partial charge < -0.3 is 24.8 Å². The van der Waals surface area contributed by atoms with Gasteiger partial charge in [0.2, 0.25) is 11.8 Å². The minimum absolute atomic E-state index is 0.0194. The van der Waals surface area contributed by atoms with Crippen LogP contribution < -0.4 is 20.1 Å². The standard InChI is InChI=1S/C17H25N3O4/c1-22-14-8-16(23-2)19-10-11(14)9-18-12-5-6-15(21)20-17(12)13-4-3-7-24-13/h8,10,12-13,17-18H,3-7,9H2,1-2H3,(H,20,21). The molecular weight excluding hydrogens is 310 g/mol. The summed E-state index contributed by atoms with van der Waals surface area (Å²) in [6.45, 7) is 1.39. The number of aromatic nitrogens is 1. The van der Waals surface area contributed by atoms with Gasteiger partial charge in [0.1, 0.15) is 5.75 Å². The van der Waals surface area contributed by atoms with E-state index in [9.17, 15) is 4.79 Å². The van der Waals surface area contributed by atoms with Crippen LogP contribution in [0, 0.1) is 0 Å². The largest absolute Gasteiger partial charge is 0.496 e. The van der Waals surface area contributed by atoms with E-state index in [1.807, 2.05) is 0 Å². The molecule has 0 bridgehead atoms. The molecule has 2 fully saturated rings. The summed E-state index contributed by atoms with van der Waals surface area (Å²) < 4.78 is 16.3. The molecule has 3 unspecified atom stereocenters. The zero-order chi connectivity index (χ0) is 16.9. The molecule has 0 spiro atoms. The fourth-order valence-electron chi connectivity index (χ4n) is 3.41. The van der Waals surface area contributed by atoms with Gasteiger partial charge in [-0.3, -0.25) is 4.79 Å². The van der Waals surface area contributed by atoms with Crippen LogP contribution in [0.25, 0.3) is 0 Å². The van der Waals surface area contributed by atoms with Crippen LogP contribution in [-0.4, -0.2) is 49.9 Å². The Balaban J connectivity index is 1.66. The first-order valence-electron chi connectivity index (χ1n) is 8.42. The number of ether oxygens (including phenoxy) is 3. The van der Waals surface area contributed by atoms with Crippen molar-refractivity contribution in [2.75, 3.05) is 20.8 Å². The zero-order valence-corrected chi connectivity index (χ0v) is 14.2. The lowest BCUT2D eigenvalue weighted by Gasteiger charge is -2.36. The van der Waals surface area contributed by atoms with Crippen molar-refractivity contribution in [1.29, 1.82) is 0 Å². The number of rotatable bonds is 6. The van der Waals surface area contributed by atoms with Gasteiger partial charge in [0, 0.05) is 43.4 Å². The van der Waals surface area contributed by atoms with Gasteiger partial charge in [-0.25, -0.2) is 4.98 Å². The molecule has 2 aliphatic heterocycles. The van der Waals surface area contributed by atoms with Gasteiger partial charge in [-0.15, -0.1) is 0 Å². The lowest BCUT2D eigenvalue weighted by molar-refractivity contribution is -0.125. The highest BCUT2D eigenvalue weighted by Gasteiger charge is 2.36. The Hall–Kier alpha value is -1.86. The maximum atomic E-state index is 11.8. The van der Waals surface area contributed by atoms with Crippen LogP contribution in [0.5, 0.6) is 11.6 Å². The fourth-order valence-corrected chi connectivity index (χ4v) is 3.41. The number of amides is 1. The van der Waals surface area contributed by atoms with Crippen molar-refractivity contribution < 1.29 is 19.0 Å². The third-order valence-corrected chi connectivity index (χ3v) is 4.71. The fraction of sp³-hybridized carbons (Fsp3) is 0.647. The maximum Gasteiger partial charge on any atom is 0.220 e. The first-order valence-corrected chi connectivity index (χ1v) is 8.42. The van der Waals surface area contributed by atoms with E-state index >= 15 is 0 Å². The highest BCUT2D eigenvalue weighted by atomic mass is 16.5. The van der Waals surface area contributed by atoms with E-state index in [4.69, 9.17) is 14.2 Å². The third-order valence-electron chi connectivity index (χ3n) is 4.71. The molecule has 0 aliphatic carbocycles. The van der Waals surface area contributed by atoms with Gasteiger partial charge in [-0.1, -0.05) is 0 Å². The van der Waals surface area contributed by atoms with Crippen molar-refractivity contribution in [3.05, 3.63) is 17.8 Å². The molecule has 1 amide bonds. The van der Waals surface area contributed by atoms with Crippen LogP contribution >= 0.6 is 0 Å². The second-order valence-corrected chi connectivity index (χ2v) is 6.21. The van der Waals surface area contributed by atoms with Crippen LogP contribution in [0.15, 0.2) is 12.3 Å². The van der Waals surface area contributed by atoms with Crippen molar-refractivity contribution in [3.8, 4) is 11.6 Å². The average molecular weight is 335 g/mol. The number of carbonyl (C=O) groups is 1. The van der Waals surface area contributed by atoms with Crippen LogP contribution in [0.3, 0.4) is 0 Å². The quantitative estimate of drug-likeness (QED) is 0.808. The summed E-state index contributed by atoms with van der Waals surface area (Å²) in [7, 11) is 3.21. The number of pyridine rings is 1. The first kappa shape index (κ1) is 17.0. The summed E-state index contributed by atoms with van der Waals surface area (Å²) >= 11 is 0. The predicted molar refractivity (Wildman–Crippen MR) is 88.1 cm³/mol. The zero-order valence-electron chi connectivity index (χ0n) is 14.2. The lowest BCUT2D eigenvalue weighted by Crippen LogP contribution is -2.58. The van der Waals surface area contributed by atoms with Crippen molar-refractivity contribution in [3.63, 3.8) is 0 Å². The topological polar surface area (TPSA) is 81.7 Å². The molecule has 2 saturated heterocycles. The highest BCUT2D eigenvalue weighted by Crippen LogP contribution is 2.25. The Bertz CT molecular complexity index is 575. The van der Waals surface area contributed by atoms with E-state index < -0.39 is 0 Å². The molecule has 24 heavy (non-hydrogen) atoms. The molecular formula is C17H25N3O4. The van der Waals surface area contributed by atoms with E-state index in [0.717, 1.165) is 37.2 Å². The molecule has 2 N–H and O–H groups in total. The molecule has 2 aliphatic rings. The summed E-state index contributed by atoms with van der Waals surface area (Å²) in [5.41, 5.74) is 0.960. The van der Waals surface area contributed by atoms with Crippen molar-refractivity contribution in [1.82, 2.24) is 15.6 Å². The predicted octanol–water partition coefficient (Wildman–Crippen LogP) is 1.01. The molecule has 7 heteroatoms. The second-order valence-electron chi connectivity index (χ2n) is 6.21. The number of methoxy groups -OCH3 is 2. The summed E-state index contributed by atoms with van der Waals surface area (Å²) in [6.07, 6.45) is 5.26. The van der Waals surface area contributed by atoms with Gasteiger partial charge in [-0.05, 0) is 19.3 Å². The molecule has 7 nitrogen and oxygen atoms in total. The molecule has 0 radical (unpaired) electrons. The molecule has 132 valence electrons. The van der Waals surface area contributed by atoms with Crippen molar-refractivity contribution in [2.24, 2.45) is 0 Å². The average Bonchev–Trinajstić information content (AvgIpc) is 3.15. The number of hydrogen-bond donors (Lipinski definition) is 2. The normalized spacial score (nSPS) is 26.9. The number of hydrogen-bond acceptors (Lipinski definition) is 6. The summed E-state index contributed by atoms with van der Waals surface area (Å²) in [4.78, 5) is 16.0. The first-order chi connectivity index (χ1) is 11.7. The van der Waals surface area contributed by atoms with Crippen molar-refractivity contribution >= 4 is 5.91 Å². The molecule has 1 aromatic heterocycles. The Kier molecular flexibility index (Phi) is 5.52. The maximum absolute atomic E-state index is 11.8. The number of carbonyl (C=O) groups excluding carboxylic acids is 1. The molecule has 1 aromatic rings. The van der Waals surface area contributed by atoms with Crippen LogP contribution in [0.4, 0.5) is 0 Å². The Labute approximate surface area is 142 Å². The second kappa shape index (κ2) is 7.81.